The van der Waals surface area contributed by atoms with E-state index in [1.54, 1.807) is 48.5 Å². The minimum Gasteiger partial charge on any atom is -0.459 e. The van der Waals surface area contributed by atoms with Crippen molar-refractivity contribution >= 4 is 11.9 Å². The Morgan fingerprint density at radius 3 is 2.07 bits per heavy atom. The highest BCUT2D eigenvalue weighted by molar-refractivity contribution is 5.90. The van der Waals surface area contributed by atoms with Gasteiger partial charge < -0.3 is 23.7 Å². The number of epoxide rings is 1. The van der Waals surface area contributed by atoms with E-state index in [0.29, 0.717) is 11.1 Å². The molecule has 2 aromatic rings. The largest absolute Gasteiger partial charge is 0.459 e. The maximum atomic E-state index is 12.5. The van der Waals surface area contributed by atoms with Crippen molar-refractivity contribution in [1.29, 1.82) is 0 Å². The molecule has 0 bridgehead atoms. The van der Waals surface area contributed by atoms with Crippen molar-refractivity contribution in [3.05, 3.63) is 71.8 Å². The topological polar surface area (TPSA) is 83.6 Å². The third-order valence-electron chi connectivity index (χ3n) is 4.70. The maximum absolute atomic E-state index is 12.5. The number of rotatable bonds is 6. The number of carbonyl (C=O) groups is 2. The van der Waals surface area contributed by atoms with E-state index in [1.165, 1.54) is 7.11 Å². The highest BCUT2D eigenvalue weighted by Gasteiger charge is 2.60. The van der Waals surface area contributed by atoms with E-state index in [9.17, 15) is 9.59 Å². The fourth-order valence-corrected chi connectivity index (χ4v) is 3.21. The van der Waals surface area contributed by atoms with Crippen LogP contribution in [0.5, 0.6) is 0 Å². The van der Waals surface area contributed by atoms with Gasteiger partial charge in [-0.2, -0.15) is 0 Å². The molecule has 2 aliphatic heterocycles. The molecule has 5 atom stereocenters. The van der Waals surface area contributed by atoms with Crippen LogP contribution in [0.1, 0.15) is 20.7 Å². The number of hydrogen-bond acceptors (Lipinski definition) is 7. The van der Waals surface area contributed by atoms with E-state index in [2.05, 4.69) is 0 Å². The summed E-state index contributed by atoms with van der Waals surface area (Å²) in [5.41, 5.74) is 0.855. The van der Waals surface area contributed by atoms with Crippen LogP contribution in [0.4, 0.5) is 0 Å². The molecule has 0 spiro atoms. The summed E-state index contributed by atoms with van der Waals surface area (Å²) in [4.78, 5) is 24.7. The molecule has 2 heterocycles. The fraction of sp³-hybridized carbons (Fsp3) is 0.333. The first-order valence-corrected chi connectivity index (χ1v) is 8.99. The van der Waals surface area contributed by atoms with Crippen molar-refractivity contribution in [2.45, 2.75) is 30.7 Å². The zero-order valence-corrected chi connectivity index (χ0v) is 15.2. The van der Waals surface area contributed by atoms with Gasteiger partial charge in [0, 0.05) is 7.11 Å². The van der Waals surface area contributed by atoms with Gasteiger partial charge in [-0.25, -0.2) is 9.59 Å². The normalized spacial score (nSPS) is 28.1. The van der Waals surface area contributed by atoms with E-state index in [0.717, 1.165) is 0 Å². The average molecular weight is 384 g/mol. The van der Waals surface area contributed by atoms with Crippen LogP contribution < -0.4 is 0 Å². The lowest BCUT2D eigenvalue weighted by molar-refractivity contribution is -0.207. The third kappa shape index (κ3) is 3.91. The summed E-state index contributed by atoms with van der Waals surface area (Å²) in [6.45, 7) is -0.0904. The van der Waals surface area contributed by atoms with Gasteiger partial charge in [0.1, 0.15) is 24.9 Å². The first-order valence-electron chi connectivity index (χ1n) is 8.99. The molecule has 0 N–H and O–H groups in total. The van der Waals surface area contributed by atoms with Gasteiger partial charge >= 0.3 is 11.9 Å². The summed E-state index contributed by atoms with van der Waals surface area (Å²) in [7, 11) is 1.51. The van der Waals surface area contributed by atoms with Crippen LogP contribution in [0.2, 0.25) is 0 Å². The Morgan fingerprint density at radius 2 is 1.46 bits per heavy atom. The third-order valence-corrected chi connectivity index (χ3v) is 4.70. The summed E-state index contributed by atoms with van der Waals surface area (Å²) >= 11 is 0. The second-order valence-corrected chi connectivity index (χ2v) is 6.54. The predicted molar refractivity (Wildman–Crippen MR) is 96.7 cm³/mol. The van der Waals surface area contributed by atoms with E-state index in [-0.39, 0.29) is 18.8 Å². The van der Waals surface area contributed by atoms with Crippen LogP contribution in [0.25, 0.3) is 0 Å². The van der Waals surface area contributed by atoms with Gasteiger partial charge in [0.05, 0.1) is 11.1 Å². The Kier molecular flexibility index (Phi) is 5.38. The van der Waals surface area contributed by atoms with Crippen LogP contribution in [-0.4, -0.2) is 56.4 Å². The van der Waals surface area contributed by atoms with Gasteiger partial charge in [-0.15, -0.1) is 0 Å². The Balaban J connectivity index is 1.44. The van der Waals surface area contributed by atoms with Crippen LogP contribution >= 0.6 is 0 Å². The molecule has 2 fully saturated rings. The molecule has 2 aromatic carbocycles. The molecule has 0 radical (unpaired) electrons. The number of methoxy groups -OCH3 is 1. The Labute approximate surface area is 162 Å². The van der Waals surface area contributed by atoms with Crippen molar-refractivity contribution in [2.24, 2.45) is 0 Å². The molecule has 2 saturated heterocycles. The predicted octanol–water partition coefficient (Wildman–Crippen LogP) is 2.21. The molecule has 0 amide bonds. The Bertz CT molecular complexity index is 823. The molecule has 7 heteroatoms. The molecular formula is C21H20O7. The van der Waals surface area contributed by atoms with Crippen molar-refractivity contribution in [3.8, 4) is 0 Å². The number of hydrogen-bond donors (Lipinski definition) is 0. The van der Waals surface area contributed by atoms with E-state index < -0.39 is 30.4 Å². The first-order chi connectivity index (χ1) is 13.7. The van der Waals surface area contributed by atoms with Gasteiger partial charge in [-0.1, -0.05) is 36.4 Å². The minimum atomic E-state index is -0.701. The second kappa shape index (κ2) is 8.10. The van der Waals surface area contributed by atoms with E-state index in [1.807, 2.05) is 12.1 Å². The van der Waals surface area contributed by atoms with Gasteiger partial charge in [0.2, 0.25) is 0 Å². The molecule has 0 saturated carbocycles. The van der Waals surface area contributed by atoms with Crippen LogP contribution in [-0.2, 0) is 23.7 Å². The molecule has 2 aliphatic rings. The molecule has 0 unspecified atom stereocenters. The van der Waals surface area contributed by atoms with Crippen molar-refractivity contribution in [3.63, 3.8) is 0 Å². The molecule has 0 aliphatic carbocycles. The van der Waals surface area contributed by atoms with Crippen LogP contribution in [0, 0.1) is 0 Å². The molecular weight excluding hydrogens is 364 g/mol. The highest BCUT2D eigenvalue weighted by atomic mass is 16.8. The second-order valence-electron chi connectivity index (χ2n) is 6.54. The maximum Gasteiger partial charge on any atom is 0.338 e. The van der Waals surface area contributed by atoms with Crippen molar-refractivity contribution in [2.75, 3.05) is 13.7 Å². The van der Waals surface area contributed by atoms with Gasteiger partial charge in [-0.05, 0) is 24.3 Å². The lowest BCUT2D eigenvalue weighted by Gasteiger charge is -2.32. The van der Waals surface area contributed by atoms with Crippen molar-refractivity contribution in [1.82, 2.24) is 0 Å². The number of carbonyl (C=O) groups excluding carboxylic acids is 2. The van der Waals surface area contributed by atoms with E-state index in [4.69, 9.17) is 23.7 Å². The lowest BCUT2D eigenvalue weighted by atomic mass is 10.0. The molecule has 28 heavy (non-hydrogen) atoms. The van der Waals surface area contributed by atoms with Gasteiger partial charge in [-0.3, -0.25) is 0 Å². The minimum absolute atomic E-state index is 0.0904. The lowest BCUT2D eigenvalue weighted by Crippen LogP contribution is -2.50. The highest BCUT2D eigenvalue weighted by Crippen LogP contribution is 2.39. The average Bonchev–Trinajstić information content (AvgIpc) is 3.55. The summed E-state index contributed by atoms with van der Waals surface area (Å²) in [6, 6.07) is 17.3. The molecule has 146 valence electrons. The van der Waals surface area contributed by atoms with E-state index >= 15 is 0 Å². The fourth-order valence-electron chi connectivity index (χ4n) is 3.21. The summed E-state index contributed by atoms with van der Waals surface area (Å²) in [5, 5.41) is 0. The van der Waals surface area contributed by atoms with Crippen molar-refractivity contribution < 1.29 is 33.3 Å². The standard InChI is InChI=1S/C21H20O7/c1-24-21-18-17(27-18)16(28-20(23)14-10-6-3-7-11-14)15(26-21)12-25-19(22)13-8-4-2-5-9-13/h2-11,15-18,21H,12H2,1H3/t15-,16-,17-,18-,21+/m1/s1. The number of ether oxygens (including phenoxy) is 5. The quantitative estimate of drug-likeness (QED) is 0.558. The van der Waals surface area contributed by atoms with Crippen LogP contribution in [0.15, 0.2) is 60.7 Å². The summed E-state index contributed by atoms with van der Waals surface area (Å²) in [5.74, 6) is -0.969. The summed E-state index contributed by atoms with van der Waals surface area (Å²) in [6.07, 6.45) is -2.66. The zero-order valence-electron chi connectivity index (χ0n) is 15.2. The number of benzene rings is 2. The van der Waals surface area contributed by atoms with Crippen LogP contribution in [0.3, 0.4) is 0 Å². The number of fused-ring (bicyclic) bond motifs is 1. The molecule has 0 aromatic heterocycles. The monoisotopic (exact) mass is 384 g/mol. The SMILES string of the molecule is CO[C@H]1O[C@H](COC(=O)c2ccccc2)[C@@H](OC(=O)c2ccccc2)[C@H]2O[C@@H]12. The zero-order chi connectivity index (χ0) is 19.5. The smallest absolute Gasteiger partial charge is 0.338 e. The Hall–Kier alpha value is -2.74. The summed E-state index contributed by atoms with van der Waals surface area (Å²) < 4.78 is 27.7. The van der Waals surface area contributed by atoms with Gasteiger partial charge in [0.15, 0.2) is 12.4 Å². The Morgan fingerprint density at radius 1 is 0.857 bits per heavy atom. The molecule has 4 rings (SSSR count). The number of esters is 2. The molecule has 7 nitrogen and oxygen atoms in total. The van der Waals surface area contributed by atoms with Gasteiger partial charge in [0.25, 0.3) is 0 Å². The first kappa shape index (κ1) is 18.6.